The smallest absolute Gasteiger partial charge is 0.334 e. The van der Waals surface area contributed by atoms with Gasteiger partial charge in [0, 0.05) is 40.8 Å². The largest absolute Gasteiger partial charge is 0.391 e. The molecule has 0 bridgehead atoms. The van der Waals surface area contributed by atoms with Gasteiger partial charge in [0.25, 0.3) is 0 Å². The van der Waals surface area contributed by atoms with Crippen molar-refractivity contribution in [3.8, 4) is 11.1 Å². The lowest BCUT2D eigenvalue weighted by atomic mass is 10.0. The molecular weight excluding hydrogens is 418 g/mol. The number of rotatable bonds is 4. The highest BCUT2D eigenvalue weighted by molar-refractivity contribution is 5.85. The molecule has 33 heavy (non-hydrogen) atoms. The molecule has 0 spiro atoms. The lowest BCUT2D eigenvalue weighted by Crippen LogP contribution is -2.35. The number of H-pyrrole nitrogens is 1. The highest BCUT2D eigenvalue weighted by Gasteiger charge is 2.25. The van der Waals surface area contributed by atoms with Crippen molar-refractivity contribution in [1.82, 2.24) is 24.1 Å². The van der Waals surface area contributed by atoms with Crippen molar-refractivity contribution < 1.29 is 9.84 Å². The number of imidazole rings is 1. The van der Waals surface area contributed by atoms with Crippen LogP contribution >= 0.6 is 0 Å². The number of fused-ring (bicyclic) bond motifs is 2. The van der Waals surface area contributed by atoms with E-state index in [2.05, 4.69) is 22.1 Å². The molecule has 1 aliphatic heterocycles. The molecule has 4 aromatic heterocycles. The zero-order valence-corrected chi connectivity index (χ0v) is 18.4. The Hall–Kier alpha value is -3.23. The number of nitrogens with one attached hydrogen (secondary N) is 1. The minimum absolute atomic E-state index is 0.0725. The highest BCUT2D eigenvalue weighted by atomic mass is 16.5. The van der Waals surface area contributed by atoms with Crippen LogP contribution in [-0.4, -0.2) is 48.0 Å². The first-order valence-corrected chi connectivity index (χ1v) is 11.7. The van der Waals surface area contributed by atoms with Crippen LogP contribution in [0, 0.1) is 0 Å². The molecule has 4 aromatic rings. The van der Waals surface area contributed by atoms with Crippen molar-refractivity contribution in [2.45, 2.75) is 57.3 Å². The Bertz CT molecular complexity index is 1400. The van der Waals surface area contributed by atoms with Gasteiger partial charge in [-0.3, -0.25) is 4.57 Å². The van der Waals surface area contributed by atoms with E-state index in [9.17, 15) is 9.90 Å². The van der Waals surface area contributed by atoms with E-state index in [4.69, 9.17) is 9.72 Å². The third-order valence-corrected chi connectivity index (χ3v) is 6.79. The minimum atomic E-state index is -0.421. The summed E-state index contributed by atoms with van der Waals surface area (Å²) in [6.45, 7) is 0.762. The summed E-state index contributed by atoms with van der Waals surface area (Å²) in [5.41, 5.74) is 5.16. The van der Waals surface area contributed by atoms with E-state index >= 15 is 0 Å². The lowest BCUT2D eigenvalue weighted by Gasteiger charge is -2.26. The van der Waals surface area contributed by atoms with Crippen molar-refractivity contribution >= 4 is 27.9 Å². The van der Waals surface area contributed by atoms with Gasteiger partial charge in [-0.2, -0.15) is 0 Å². The Morgan fingerprint density at radius 3 is 2.85 bits per heavy atom. The Labute approximate surface area is 190 Å². The lowest BCUT2D eigenvalue weighted by molar-refractivity contribution is -0.0609. The van der Waals surface area contributed by atoms with E-state index in [1.165, 1.54) is 0 Å². The van der Waals surface area contributed by atoms with Gasteiger partial charge >= 0.3 is 5.69 Å². The van der Waals surface area contributed by atoms with Crippen molar-refractivity contribution in [1.29, 1.82) is 0 Å². The predicted octanol–water partition coefficient (Wildman–Crippen LogP) is 3.70. The summed E-state index contributed by atoms with van der Waals surface area (Å²) in [6, 6.07) is 6.11. The van der Waals surface area contributed by atoms with Gasteiger partial charge in [-0.25, -0.2) is 19.3 Å². The quantitative estimate of drug-likeness (QED) is 0.499. The van der Waals surface area contributed by atoms with Crippen LogP contribution in [0.25, 0.3) is 39.0 Å². The first-order valence-electron chi connectivity index (χ1n) is 11.7. The number of aliphatic hydroxyl groups excluding tert-OH is 1. The van der Waals surface area contributed by atoms with E-state index in [1.807, 2.05) is 30.7 Å². The number of aromatic nitrogens is 5. The van der Waals surface area contributed by atoms with Gasteiger partial charge in [0.1, 0.15) is 5.65 Å². The molecule has 1 aliphatic carbocycles. The van der Waals surface area contributed by atoms with Crippen molar-refractivity contribution in [2.24, 2.45) is 0 Å². The van der Waals surface area contributed by atoms with Gasteiger partial charge in [0.15, 0.2) is 5.65 Å². The fraction of sp³-hybridized carbons (Fsp3) is 0.400. The topological polar surface area (TPSA) is 98.0 Å². The normalized spacial score (nSPS) is 21.5. The summed E-state index contributed by atoms with van der Waals surface area (Å²) in [7, 11) is 0. The molecule has 8 heteroatoms. The van der Waals surface area contributed by atoms with Crippen LogP contribution in [0.3, 0.4) is 0 Å². The molecule has 0 saturated carbocycles. The molecular formula is C25H27N5O3. The molecule has 2 atom stereocenters. The average molecular weight is 446 g/mol. The number of pyridine rings is 2. The Balaban J connectivity index is 1.48. The maximum absolute atomic E-state index is 13.6. The van der Waals surface area contributed by atoms with E-state index < -0.39 is 6.10 Å². The average Bonchev–Trinajstić information content (AvgIpc) is 3.42. The summed E-state index contributed by atoms with van der Waals surface area (Å²) >= 11 is 0. The summed E-state index contributed by atoms with van der Waals surface area (Å²) in [5.74, 6) is 0. The number of nitrogens with zero attached hydrogens (tertiary/aromatic N) is 4. The van der Waals surface area contributed by atoms with Crippen molar-refractivity contribution in [2.75, 3.05) is 6.61 Å². The Kier molecular flexibility index (Phi) is 5.11. The first-order chi connectivity index (χ1) is 16.2. The highest BCUT2D eigenvalue weighted by Crippen LogP contribution is 2.28. The van der Waals surface area contributed by atoms with E-state index in [1.54, 1.807) is 9.13 Å². The van der Waals surface area contributed by atoms with Gasteiger partial charge in [0.2, 0.25) is 0 Å². The van der Waals surface area contributed by atoms with Crippen LogP contribution in [-0.2, 0) is 11.3 Å². The molecule has 0 radical (unpaired) electrons. The third-order valence-electron chi connectivity index (χ3n) is 6.79. The molecule has 5 heterocycles. The van der Waals surface area contributed by atoms with Crippen LogP contribution in [0.2, 0.25) is 0 Å². The summed E-state index contributed by atoms with van der Waals surface area (Å²) in [4.78, 5) is 26.0. The van der Waals surface area contributed by atoms with Crippen molar-refractivity contribution in [3.63, 3.8) is 0 Å². The fourth-order valence-electron chi connectivity index (χ4n) is 4.99. The van der Waals surface area contributed by atoms with E-state index in [0.717, 1.165) is 65.5 Å². The number of allylic oxidation sites excluding steroid dienone is 2. The number of aliphatic hydroxyl groups is 1. The molecule has 2 N–H and O–H groups in total. The molecule has 0 amide bonds. The Morgan fingerprint density at radius 1 is 1.15 bits per heavy atom. The number of ether oxygens (including phenoxy) is 1. The zero-order valence-electron chi connectivity index (χ0n) is 18.4. The standard InChI is InChI=1S/C25H27N5O3/c31-20-6-7-21(33-15-20)14-29-22-11-18(17-10-16-8-9-26-23(16)27-12-17)13-28-24(22)30(25(29)32)19-4-2-1-3-5-19/h4,8-13,20-21,31H,1-3,5-7,14-15H2,(H,26,27)/t20-,21-/m0/s1. The van der Waals surface area contributed by atoms with Gasteiger partial charge < -0.3 is 14.8 Å². The second-order valence-corrected chi connectivity index (χ2v) is 9.06. The maximum Gasteiger partial charge on any atom is 0.334 e. The summed E-state index contributed by atoms with van der Waals surface area (Å²) in [6.07, 6.45) is 12.7. The predicted molar refractivity (Wildman–Crippen MR) is 127 cm³/mol. The van der Waals surface area contributed by atoms with Crippen molar-refractivity contribution in [3.05, 3.63) is 53.3 Å². The van der Waals surface area contributed by atoms with Crippen LogP contribution < -0.4 is 5.69 Å². The summed E-state index contributed by atoms with van der Waals surface area (Å²) < 4.78 is 9.42. The van der Waals surface area contributed by atoms with Gasteiger partial charge in [-0.1, -0.05) is 6.08 Å². The maximum atomic E-state index is 13.6. The number of aromatic amines is 1. The van der Waals surface area contributed by atoms with Gasteiger partial charge in [-0.05, 0) is 56.7 Å². The SMILES string of the molecule is O=c1n(C[C@@H]2CC[C@H](O)CO2)c2cc(-c3cnc4[nH]ccc4c3)cnc2n1C1=CCCCC1. The zero-order chi connectivity index (χ0) is 22.4. The molecule has 0 aromatic carbocycles. The first kappa shape index (κ1) is 20.4. The van der Waals surface area contributed by atoms with E-state index in [0.29, 0.717) is 25.2 Å². The molecule has 6 rings (SSSR count). The second kappa shape index (κ2) is 8.28. The molecule has 2 aliphatic rings. The third kappa shape index (κ3) is 3.69. The monoisotopic (exact) mass is 445 g/mol. The minimum Gasteiger partial charge on any atom is -0.391 e. The summed E-state index contributed by atoms with van der Waals surface area (Å²) in [5, 5.41) is 10.8. The molecule has 170 valence electrons. The molecule has 0 unspecified atom stereocenters. The number of hydrogen-bond donors (Lipinski definition) is 2. The van der Waals surface area contributed by atoms with Gasteiger partial charge in [0.05, 0.1) is 30.9 Å². The van der Waals surface area contributed by atoms with Crippen LogP contribution in [0.1, 0.15) is 38.5 Å². The van der Waals surface area contributed by atoms with Crippen LogP contribution in [0.5, 0.6) is 0 Å². The molecule has 1 fully saturated rings. The van der Waals surface area contributed by atoms with E-state index in [-0.39, 0.29) is 11.8 Å². The fourth-order valence-corrected chi connectivity index (χ4v) is 4.99. The van der Waals surface area contributed by atoms with Gasteiger partial charge in [-0.15, -0.1) is 0 Å². The van der Waals surface area contributed by atoms with Crippen LogP contribution in [0.4, 0.5) is 0 Å². The Morgan fingerprint density at radius 2 is 2.03 bits per heavy atom. The number of hydrogen-bond acceptors (Lipinski definition) is 5. The molecule has 8 nitrogen and oxygen atoms in total. The van der Waals surface area contributed by atoms with Crippen LogP contribution in [0.15, 0.2) is 47.7 Å². The molecule has 1 saturated heterocycles. The second-order valence-electron chi connectivity index (χ2n) is 9.06.